The number of rotatable bonds is 2. The summed E-state index contributed by atoms with van der Waals surface area (Å²) in [6.07, 6.45) is 4.02. The van der Waals surface area contributed by atoms with Crippen molar-refractivity contribution in [3.8, 4) is 11.1 Å². The number of fused-ring (bicyclic) bond motifs is 1. The van der Waals surface area contributed by atoms with Crippen molar-refractivity contribution < 1.29 is 0 Å². The van der Waals surface area contributed by atoms with E-state index in [9.17, 15) is 0 Å². The highest BCUT2D eigenvalue weighted by Gasteiger charge is 2.17. The van der Waals surface area contributed by atoms with Gasteiger partial charge >= 0.3 is 0 Å². The van der Waals surface area contributed by atoms with E-state index in [-0.39, 0.29) is 0 Å². The summed E-state index contributed by atoms with van der Waals surface area (Å²) in [5.41, 5.74) is 4.36. The van der Waals surface area contributed by atoms with Crippen LogP contribution in [-0.2, 0) is 0 Å². The summed E-state index contributed by atoms with van der Waals surface area (Å²) >= 11 is 0. The zero-order valence-electron chi connectivity index (χ0n) is 12.4. The van der Waals surface area contributed by atoms with Crippen LogP contribution in [0.4, 0.5) is 11.5 Å². The van der Waals surface area contributed by atoms with E-state index in [2.05, 4.69) is 53.8 Å². The van der Waals surface area contributed by atoms with Gasteiger partial charge in [0.15, 0.2) is 0 Å². The third kappa shape index (κ3) is 2.24. The Morgan fingerprint density at radius 2 is 2.20 bits per heavy atom. The molecule has 1 unspecified atom stereocenters. The second-order valence-electron chi connectivity index (χ2n) is 5.75. The fourth-order valence-corrected chi connectivity index (χ4v) is 2.44. The van der Waals surface area contributed by atoms with Gasteiger partial charge in [0.2, 0.25) is 0 Å². The van der Waals surface area contributed by atoms with Crippen molar-refractivity contribution in [3.63, 3.8) is 0 Å². The largest absolute Gasteiger partial charge is 0.380 e. The van der Waals surface area contributed by atoms with Gasteiger partial charge in [-0.2, -0.15) is 5.10 Å². The summed E-state index contributed by atoms with van der Waals surface area (Å²) in [5.74, 6) is 0.932. The smallest absolute Gasteiger partial charge is 0.149 e. The first-order valence-electron chi connectivity index (χ1n) is 7.11. The van der Waals surface area contributed by atoms with Crippen molar-refractivity contribution in [2.45, 2.75) is 39.8 Å². The minimum Gasteiger partial charge on any atom is -0.380 e. The maximum Gasteiger partial charge on any atom is 0.149 e. The molecule has 20 heavy (non-hydrogen) atoms. The summed E-state index contributed by atoms with van der Waals surface area (Å²) in [7, 11) is 0. The second kappa shape index (κ2) is 4.81. The molecule has 2 aromatic rings. The van der Waals surface area contributed by atoms with Crippen LogP contribution in [0.3, 0.4) is 0 Å². The lowest BCUT2D eigenvalue weighted by molar-refractivity contribution is 0.529. The molecule has 5 nitrogen and oxygen atoms in total. The Morgan fingerprint density at radius 3 is 2.90 bits per heavy atom. The van der Waals surface area contributed by atoms with Gasteiger partial charge in [-0.05, 0) is 33.8 Å². The van der Waals surface area contributed by atoms with E-state index in [0.717, 1.165) is 34.9 Å². The highest BCUT2D eigenvalue weighted by molar-refractivity contribution is 5.76. The van der Waals surface area contributed by atoms with Crippen molar-refractivity contribution >= 4 is 11.5 Å². The molecule has 106 valence electrons. The molecule has 0 aromatic carbocycles. The highest BCUT2D eigenvalue weighted by Crippen LogP contribution is 2.30. The third-order valence-corrected chi connectivity index (χ3v) is 3.63. The standard InChI is InChI=1S/C15H21N5/c1-9(2)20-8-13(11(4)19-20)12-5-14-15(17-7-12)18-10(3)6-16-14/h5,7-10,16H,6H2,1-4H3,(H,17,18). The predicted octanol–water partition coefficient (Wildman–Crippen LogP) is 3.06. The molecule has 0 aliphatic carbocycles. The number of hydrogen-bond donors (Lipinski definition) is 2. The van der Waals surface area contributed by atoms with Gasteiger partial charge in [0.25, 0.3) is 0 Å². The monoisotopic (exact) mass is 271 g/mol. The van der Waals surface area contributed by atoms with Crippen molar-refractivity contribution in [1.29, 1.82) is 0 Å². The topological polar surface area (TPSA) is 54.8 Å². The summed E-state index contributed by atoms with van der Waals surface area (Å²) in [4.78, 5) is 4.53. The average Bonchev–Trinajstić information content (AvgIpc) is 2.80. The SMILES string of the molecule is Cc1nn(C(C)C)cc1-c1cnc2c(c1)NCC(C)N2. The first-order valence-corrected chi connectivity index (χ1v) is 7.11. The lowest BCUT2D eigenvalue weighted by atomic mass is 10.1. The Labute approximate surface area is 119 Å². The van der Waals surface area contributed by atoms with Crippen LogP contribution in [0, 0.1) is 6.92 Å². The van der Waals surface area contributed by atoms with Crippen molar-refractivity contribution in [3.05, 3.63) is 24.2 Å². The lowest BCUT2D eigenvalue weighted by Gasteiger charge is -2.24. The van der Waals surface area contributed by atoms with Crippen LogP contribution in [-0.4, -0.2) is 27.4 Å². The predicted molar refractivity (Wildman–Crippen MR) is 82.2 cm³/mol. The highest BCUT2D eigenvalue weighted by atomic mass is 15.3. The van der Waals surface area contributed by atoms with Gasteiger partial charge in [0.1, 0.15) is 5.82 Å². The minimum atomic E-state index is 0.369. The van der Waals surface area contributed by atoms with Gasteiger partial charge < -0.3 is 10.6 Å². The molecule has 3 heterocycles. The normalized spacial score (nSPS) is 17.6. The lowest BCUT2D eigenvalue weighted by Crippen LogP contribution is -2.30. The Balaban J connectivity index is 1.99. The van der Waals surface area contributed by atoms with Crippen LogP contribution in [0.2, 0.25) is 0 Å². The van der Waals surface area contributed by atoms with E-state index in [0.29, 0.717) is 12.1 Å². The van der Waals surface area contributed by atoms with E-state index in [4.69, 9.17) is 0 Å². The van der Waals surface area contributed by atoms with E-state index in [1.165, 1.54) is 0 Å². The Hall–Kier alpha value is -2.04. The van der Waals surface area contributed by atoms with Crippen LogP contribution < -0.4 is 10.6 Å². The number of nitrogens with zero attached hydrogens (tertiary/aromatic N) is 3. The number of aromatic nitrogens is 3. The molecule has 1 aliphatic rings. The molecule has 5 heteroatoms. The Bertz CT molecular complexity index is 629. The third-order valence-electron chi connectivity index (χ3n) is 3.63. The van der Waals surface area contributed by atoms with Crippen LogP contribution in [0.1, 0.15) is 32.5 Å². The average molecular weight is 271 g/mol. The number of nitrogens with one attached hydrogen (secondary N) is 2. The van der Waals surface area contributed by atoms with E-state index in [1.54, 1.807) is 0 Å². The fourth-order valence-electron chi connectivity index (χ4n) is 2.44. The zero-order chi connectivity index (χ0) is 14.3. The van der Waals surface area contributed by atoms with Crippen LogP contribution in [0.5, 0.6) is 0 Å². The van der Waals surface area contributed by atoms with Gasteiger partial charge in [-0.15, -0.1) is 0 Å². The molecular formula is C15H21N5. The summed E-state index contributed by atoms with van der Waals surface area (Å²) < 4.78 is 2.00. The maximum atomic E-state index is 4.56. The number of pyridine rings is 1. The van der Waals surface area contributed by atoms with Crippen molar-refractivity contribution in [1.82, 2.24) is 14.8 Å². The molecule has 3 rings (SSSR count). The molecule has 0 saturated carbocycles. The van der Waals surface area contributed by atoms with Crippen LogP contribution in [0.25, 0.3) is 11.1 Å². The number of anilines is 2. The molecule has 0 saturated heterocycles. The van der Waals surface area contributed by atoms with Gasteiger partial charge in [0.05, 0.1) is 11.4 Å². The van der Waals surface area contributed by atoms with E-state index >= 15 is 0 Å². The molecule has 2 aromatic heterocycles. The molecule has 1 aliphatic heterocycles. The molecule has 1 atom stereocenters. The first-order chi connectivity index (χ1) is 9.54. The van der Waals surface area contributed by atoms with Crippen molar-refractivity contribution in [2.24, 2.45) is 0 Å². The maximum absolute atomic E-state index is 4.56. The molecule has 0 fully saturated rings. The summed E-state index contributed by atoms with van der Waals surface area (Å²) in [6, 6.07) is 2.93. The van der Waals surface area contributed by atoms with E-state index < -0.39 is 0 Å². The second-order valence-corrected chi connectivity index (χ2v) is 5.75. The first kappa shape index (κ1) is 13.0. The molecule has 2 N–H and O–H groups in total. The molecule has 0 radical (unpaired) electrons. The van der Waals surface area contributed by atoms with Gasteiger partial charge in [-0.3, -0.25) is 4.68 Å². The van der Waals surface area contributed by atoms with Gasteiger partial charge in [-0.1, -0.05) is 0 Å². The number of hydrogen-bond acceptors (Lipinski definition) is 4. The molecular weight excluding hydrogens is 250 g/mol. The fraction of sp³-hybridized carbons (Fsp3) is 0.467. The Kier molecular flexibility index (Phi) is 3.12. The van der Waals surface area contributed by atoms with Crippen LogP contribution in [0.15, 0.2) is 18.5 Å². The Morgan fingerprint density at radius 1 is 1.40 bits per heavy atom. The van der Waals surface area contributed by atoms with E-state index in [1.807, 2.05) is 17.8 Å². The number of aryl methyl sites for hydroxylation is 1. The molecule has 0 amide bonds. The quantitative estimate of drug-likeness (QED) is 0.881. The molecule has 0 spiro atoms. The van der Waals surface area contributed by atoms with Crippen LogP contribution >= 0.6 is 0 Å². The summed E-state index contributed by atoms with van der Waals surface area (Å²) in [6.45, 7) is 9.37. The zero-order valence-corrected chi connectivity index (χ0v) is 12.4. The minimum absolute atomic E-state index is 0.369. The van der Waals surface area contributed by atoms with Crippen molar-refractivity contribution in [2.75, 3.05) is 17.2 Å². The summed E-state index contributed by atoms with van der Waals surface area (Å²) in [5, 5.41) is 11.4. The van der Waals surface area contributed by atoms with Gasteiger partial charge in [0, 0.05) is 42.1 Å². The van der Waals surface area contributed by atoms with Gasteiger partial charge in [-0.25, -0.2) is 4.98 Å². The molecule has 0 bridgehead atoms.